The molecule has 34 heavy (non-hydrogen) atoms. The van der Waals surface area contributed by atoms with Crippen molar-refractivity contribution in [3.05, 3.63) is 53.5 Å². The van der Waals surface area contributed by atoms with E-state index in [4.69, 9.17) is 0 Å². The fraction of sp³-hybridized carbons (Fsp3) is 0.458. The minimum atomic E-state index is -4.73. The molecule has 0 bridgehead atoms. The van der Waals surface area contributed by atoms with E-state index in [-0.39, 0.29) is 11.7 Å². The number of carbonyl (C=O) groups is 1. The summed E-state index contributed by atoms with van der Waals surface area (Å²) in [7, 11) is 0. The van der Waals surface area contributed by atoms with Crippen LogP contribution in [0.15, 0.2) is 36.5 Å². The quantitative estimate of drug-likeness (QED) is 0.399. The third kappa shape index (κ3) is 5.05. The van der Waals surface area contributed by atoms with Crippen LogP contribution < -0.4 is 5.32 Å². The number of hydrogen-bond acceptors (Lipinski definition) is 3. The van der Waals surface area contributed by atoms with E-state index in [1.165, 1.54) is 12.1 Å². The summed E-state index contributed by atoms with van der Waals surface area (Å²) in [6.07, 6.45) is -1.83. The number of rotatable bonds is 5. The lowest BCUT2D eigenvalue weighted by Crippen LogP contribution is -2.21. The molecule has 0 radical (unpaired) electrons. The van der Waals surface area contributed by atoms with Gasteiger partial charge >= 0.3 is 6.18 Å². The van der Waals surface area contributed by atoms with E-state index in [1.807, 2.05) is 0 Å². The molecule has 0 saturated heterocycles. The number of nitrogens with zero attached hydrogens (tertiary/aromatic N) is 3. The fourth-order valence-corrected chi connectivity index (χ4v) is 4.52. The van der Waals surface area contributed by atoms with E-state index in [2.05, 4.69) is 29.2 Å². The van der Waals surface area contributed by atoms with Crippen LogP contribution in [-0.2, 0) is 6.18 Å². The van der Waals surface area contributed by atoms with Gasteiger partial charge in [-0.2, -0.15) is 18.3 Å². The molecule has 5 nitrogen and oxygen atoms in total. The van der Waals surface area contributed by atoms with Gasteiger partial charge in [0.2, 0.25) is 0 Å². The first-order valence-corrected chi connectivity index (χ1v) is 11.2. The van der Waals surface area contributed by atoms with Crippen molar-refractivity contribution in [1.29, 1.82) is 0 Å². The third-order valence-corrected chi connectivity index (χ3v) is 6.51. The molecule has 2 aromatic heterocycles. The molecule has 0 atom stereocenters. The number of amides is 1. The first-order valence-electron chi connectivity index (χ1n) is 11.2. The maximum atomic E-state index is 13.8. The first-order chi connectivity index (χ1) is 16.0. The van der Waals surface area contributed by atoms with Crippen molar-refractivity contribution >= 4 is 22.5 Å². The van der Waals surface area contributed by atoms with Crippen molar-refractivity contribution in [3.8, 4) is 0 Å². The zero-order valence-corrected chi connectivity index (χ0v) is 18.7. The van der Waals surface area contributed by atoms with Crippen molar-refractivity contribution in [2.75, 3.05) is 5.32 Å². The summed E-state index contributed by atoms with van der Waals surface area (Å²) in [5.41, 5.74) is -2.03. The number of anilines is 1. The fourth-order valence-electron chi connectivity index (χ4n) is 4.52. The summed E-state index contributed by atoms with van der Waals surface area (Å²) < 4.78 is 68.1. The summed E-state index contributed by atoms with van der Waals surface area (Å²) in [4.78, 5) is 15.9. The Morgan fingerprint density at radius 2 is 1.82 bits per heavy atom. The number of hydrogen-bond donors (Lipinski definition) is 1. The van der Waals surface area contributed by atoms with Gasteiger partial charge in [-0.05, 0) is 61.8 Å². The van der Waals surface area contributed by atoms with Crippen LogP contribution in [0.5, 0.6) is 0 Å². The molecule has 4 rings (SSSR count). The Labute approximate surface area is 193 Å². The Kier molecular flexibility index (Phi) is 6.60. The van der Waals surface area contributed by atoms with Crippen molar-refractivity contribution in [2.24, 2.45) is 11.8 Å². The van der Waals surface area contributed by atoms with Gasteiger partial charge in [0.25, 0.3) is 12.3 Å². The highest BCUT2D eigenvalue weighted by Gasteiger charge is 2.33. The largest absolute Gasteiger partial charge is 0.433 e. The number of fused-ring (bicyclic) bond motifs is 1. The van der Waals surface area contributed by atoms with E-state index in [9.17, 15) is 26.7 Å². The monoisotopic (exact) mass is 480 g/mol. The summed E-state index contributed by atoms with van der Waals surface area (Å²) >= 11 is 0. The predicted octanol–water partition coefficient (Wildman–Crippen LogP) is 7.03. The van der Waals surface area contributed by atoms with Gasteiger partial charge in [0.15, 0.2) is 0 Å². The maximum absolute atomic E-state index is 13.8. The number of carbonyl (C=O) groups excluding carboxylic acids is 1. The van der Waals surface area contributed by atoms with Crippen LogP contribution in [0.2, 0.25) is 0 Å². The Bertz CT molecular complexity index is 1180. The van der Waals surface area contributed by atoms with Gasteiger partial charge in [-0.15, -0.1) is 0 Å². The van der Waals surface area contributed by atoms with Gasteiger partial charge in [0, 0.05) is 17.1 Å². The van der Waals surface area contributed by atoms with E-state index in [1.54, 1.807) is 10.9 Å². The second kappa shape index (κ2) is 9.31. The van der Waals surface area contributed by atoms with E-state index >= 15 is 0 Å². The van der Waals surface area contributed by atoms with Crippen LogP contribution in [0.3, 0.4) is 0 Å². The Morgan fingerprint density at radius 1 is 1.12 bits per heavy atom. The van der Waals surface area contributed by atoms with Crippen molar-refractivity contribution in [2.45, 2.75) is 58.2 Å². The molecule has 1 aliphatic rings. The van der Waals surface area contributed by atoms with Crippen LogP contribution in [0.1, 0.15) is 73.7 Å². The summed E-state index contributed by atoms with van der Waals surface area (Å²) in [5.74, 6) is 0.272. The Hall–Kier alpha value is -3.04. The SMILES string of the molecule is CC(C)C1CCC(n2cc3cc(NC(=O)c4cccc(C(F)(F)F)n4)c(C(F)F)cc3n2)CC1. The maximum Gasteiger partial charge on any atom is 0.433 e. The molecule has 1 N–H and O–H groups in total. The normalized spacial score (nSPS) is 19.2. The highest BCUT2D eigenvalue weighted by Crippen LogP contribution is 2.37. The third-order valence-electron chi connectivity index (χ3n) is 6.51. The summed E-state index contributed by atoms with van der Waals surface area (Å²) in [6.45, 7) is 4.42. The lowest BCUT2D eigenvalue weighted by molar-refractivity contribution is -0.141. The molecular weight excluding hydrogens is 455 g/mol. The van der Waals surface area contributed by atoms with Crippen LogP contribution in [0.25, 0.3) is 10.9 Å². The minimum Gasteiger partial charge on any atom is -0.320 e. The molecule has 3 aromatic rings. The zero-order valence-electron chi connectivity index (χ0n) is 18.7. The molecule has 0 aliphatic heterocycles. The Morgan fingerprint density at radius 3 is 2.44 bits per heavy atom. The van der Waals surface area contributed by atoms with Gasteiger partial charge in [0.1, 0.15) is 11.4 Å². The van der Waals surface area contributed by atoms with Gasteiger partial charge in [-0.25, -0.2) is 13.8 Å². The van der Waals surface area contributed by atoms with Crippen LogP contribution >= 0.6 is 0 Å². The molecule has 10 heteroatoms. The number of benzene rings is 1. The Balaban J connectivity index is 1.60. The van der Waals surface area contributed by atoms with E-state index < -0.39 is 35.5 Å². The predicted molar refractivity (Wildman–Crippen MR) is 118 cm³/mol. The number of halogens is 5. The van der Waals surface area contributed by atoms with Crippen LogP contribution in [-0.4, -0.2) is 20.7 Å². The lowest BCUT2D eigenvalue weighted by Gasteiger charge is -2.30. The number of nitrogens with one attached hydrogen (secondary N) is 1. The van der Waals surface area contributed by atoms with Crippen molar-refractivity contribution < 1.29 is 26.7 Å². The van der Waals surface area contributed by atoms with Crippen molar-refractivity contribution in [3.63, 3.8) is 0 Å². The highest BCUT2D eigenvalue weighted by molar-refractivity contribution is 6.04. The second-order valence-corrected chi connectivity index (χ2v) is 9.08. The summed E-state index contributed by atoms with van der Waals surface area (Å²) in [5, 5.41) is 7.36. The molecule has 1 saturated carbocycles. The van der Waals surface area contributed by atoms with Crippen molar-refractivity contribution in [1.82, 2.24) is 14.8 Å². The highest BCUT2D eigenvalue weighted by atomic mass is 19.4. The average molecular weight is 480 g/mol. The number of pyridine rings is 1. The van der Waals surface area contributed by atoms with Gasteiger partial charge in [-0.3, -0.25) is 9.48 Å². The average Bonchev–Trinajstić information content (AvgIpc) is 3.21. The molecule has 1 aromatic carbocycles. The first kappa shape index (κ1) is 24.1. The molecular formula is C24H25F5N4O. The number of aromatic nitrogens is 3. The molecule has 1 amide bonds. The van der Waals surface area contributed by atoms with Gasteiger partial charge < -0.3 is 5.32 Å². The minimum absolute atomic E-state index is 0.171. The zero-order chi connectivity index (χ0) is 24.6. The lowest BCUT2D eigenvalue weighted by atomic mass is 9.80. The smallest absolute Gasteiger partial charge is 0.320 e. The van der Waals surface area contributed by atoms with Gasteiger partial charge in [0.05, 0.1) is 17.2 Å². The molecule has 0 spiro atoms. The standard InChI is InChI=1S/C24H25F5N4O/c1-13(2)14-6-8-16(9-7-14)33-12-15-10-20(17(22(25)26)11-19(15)32-33)31-23(34)18-4-3-5-21(30-18)24(27,28)29/h3-5,10-14,16,22H,6-9H2,1-2H3,(H,31,34). The van der Waals surface area contributed by atoms with Gasteiger partial charge in [-0.1, -0.05) is 19.9 Å². The second-order valence-electron chi connectivity index (χ2n) is 9.08. The summed E-state index contributed by atoms with van der Waals surface area (Å²) in [6, 6.07) is 5.63. The van der Waals surface area contributed by atoms with E-state index in [0.717, 1.165) is 43.9 Å². The van der Waals surface area contributed by atoms with E-state index in [0.29, 0.717) is 22.7 Å². The molecule has 1 aliphatic carbocycles. The molecule has 2 heterocycles. The van der Waals surface area contributed by atoms with Crippen LogP contribution in [0.4, 0.5) is 27.6 Å². The molecule has 0 unspecified atom stereocenters. The van der Waals surface area contributed by atoms with Crippen LogP contribution in [0, 0.1) is 11.8 Å². The molecule has 1 fully saturated rings. The number of alkyl halides is 5. The molecule has 182 valence electrons. The topological polar surface area (TPSA) is 59.8 Å².